The van der Waals surface area contributed by atoms with E-state index < -0.39 is 0 Å². The van der Waals surface area contributed by atoms with E-state index in [4.69, 9.17) is 5.73 Å². The minimum Gasteiger partial charge on any atom is -0.354 e. The van der Waals surface area contributed by atoms with E-state index in [1.165, 1.54) is 6.42 Å². The summed E-state index contributed by atoms with van der Waals surface area (Å²) < 4.78 is 0. The summed E-state index contributed by atoms with van der Waals surface area (Å²) in [5.41, 5.74) is 7.06. The second-order valence-electron chi connectivity index (χ2n) is 6.77. The molecular weight excluding hydrogens is 338 g/mol. The van der Waals surface area contributed by atoms with Gasteiger partial charge in [0, 0.05) is 31.0 Å². The molecule has 0 radical (unpaired) electrons. The molecule has 0 aromatic heterocycles. The summed E-state index contributed by atoms with van der Waals surface area (Å²) in [6, 6.07) is 9.31. The van der Waals surface area contributed by atoms with E-state index in [0.29, 0.717) is 6.54 Å². The quantitative estimate of drug-likeness (QED) is 0.692. The first-order chi connectivity index (χ1) is 11.6. The van der Waals surface area contributed by atoms with Crippen LogP contribution in [-0.4, -0.2) is 24.4 Å². The van der Waals surface area contributed by atoms with E-state index in [1.54, 1.807) is 0 Å². The van der Waals surface area contributed by atoms with Crippen molar-refractivity contribution in [1.29, 1.82) is 0 Å². The summed E-state index contributed by atoms with van der Waals surface area (Å²) >= 11 is 0. The van der Waals surface area contributed by atoms with Crippen molar-refractivity contribution in [2.75, 3.05) is 6.54 Å². The van der Waals surface area contributed by atoms with Crippen LogP contribution in [0.2, 0.25) is 0 Å². The van der Waals surface area contributed by atoms with Crippen molar-refractivity contribution in [3.63, 3.8) is 0 Å². The predicted octanol–water partition coefficient (Wildman–Crippen LogP) is 2.70. The van der Waals surface area contributed by atoms with Crippen molar-refractivity contribution < 1.29 is 9.59 Å². The number of carbonyl (C=O) groups is 2. The number of nitrogens with one attached hydrogen (secondary N) is 2. The van der Waals surface area contributed by atoms with E-state index in [1.807, 2.05) is 37.3 Å². The van der Waals surface area contributed by atoms with E-state index in [2.05, 4.69) is 10.6 Å². The predicted molar refractivity (Wildman–Crippen MR) is 102 cm³/mol. The zero-order valence-corrected chi connectivity index (χ0v) is 15.7. The molecule has 140 valence electrons. The molecule has 2 atom stereocenters. The maximum atomic E-state index is 12.2. The molecule has 6 heteroatoms. The Morgan fingerprint density at radius 3 is 2.44 bits per heavy atom. The maximum absolute atomic E-state index is 12.2. The first kappa shape index (κ1) is 21.5. The summed E-state index contributed by atoms with van der Waals surface area (Å²) in [4.78, 5) is 24.2. The molecule has 1 aromatic carbocycles. The minimum atomic E-state index is -0.220. The molecule has 2 unspecified atom stereocenters. The fraction of sp³-hybridized carbons (Fsp3) is 0.579. The topological polar surface area (TPSA) is 84.2 Å². The summed E-state index contributed by atoms with van der Waals surface area (Å²) in [5.74, 6) is 0.129. The number of hydrogen-bond donors (Lipinski definition) is 3. The number of carbonyl (C=O) groups excluding carboxylic acids is 2. The molecule has 0 saturated heterocycles. The number of amides is 2. The zero-order valence-electron chi connectivity index (χ0n) is 14.9. The van der Waals surface area contributed by atoms with Crippen LogP contribution >= 0.6 is 12.4 Å². The van der Waals surface area contributed by atoms with Gasteiger partial charge in [0.1, 0.15) is 0 Å². The summed E-state index contributed by atoms with van der Waals surface area (Å²) in [6.45, 7) is 2.27. The number of halogens is 1. The van der Waals surface area contributed by atoms with E-state index in [9.17, 15) is 9.59 Å². The molecule has 0 aliphatic heterocycles. The Kier molecular flexibility index (Phi) is 9.53. The Morgan fingerprint density at radius 1 is 1.16 bits per heavy atom. The number of hydrogen-bond acceptors (Lipinski definition) is 3. The van der Waals surface area contributed by atoms with Crippen molar-refractivity contribution in [1.82, 2.24) is 10.6 Å². The second kappa shape index (κ2) is 11.1. The lowest BCUT2D eigenvalue weighted by molar-refractivity contribution is -0.127. The Bertz CT molecular complexity index is 533. The van der Waals surface area contributed by atoms with Crippen LogP contribution in [0, 0.1) is 5.92 Å². The Morgan fingerprint density at radius 2 is 1.80 bits per heavy atom. The van der Waals surface area contributed by atoms with Gasteiger partial charge in [-0.2, -0.15) is 0 Å². The standard InChI is InChI=1S/C19H29N3O2.ClH/c1-14(22-19(24)16-10-6-3-7-11-16)12-18(23)21-13-17(20)15-8-4-2-5-9-15;/h2,4-5,8-9,14,16-17H,3,6-7,10-13,20H2,1H3,(H,21,23)(H,22,24);1H. The van der Waals surface area contributed by atoms with E-state index >= 15 is 0 Å². The fourth-order valence-corrected chi connectivity index (χ4v) is 3.17. The lowest BCUT2D eigenvalue weighted by Crippen LogP contribution is -2.41. The van der Waals surface area contributed by atoms with Gasteiger partial charge >= 0.3 is 0 Å². The molecule has 1 aliphatic carbocycles. The molecule has 4 N–H and O–H groups in total. The molecule has 1 aromatic rings. The molecule has 1 saturated carbocycles. The van der Waals surface area contributed by atoms with Gasteiger partial charge in [-0.3, -0.25) is 9.59 Å². The highest BCUT2D eigenvalue weighted by molar-refractivity contribution is 5.85. The lowest BCUT2D eigenvalue weighted by Gasteiger charge is -2.23. The highest BCUT2D eigenvalue weighted by Gasteiger charge is 2.22. The Hall–Kier alpha value is -1.59. The fourth-order valence-electron chi connectivity index (χ4n) is 3.17. The van der Waals surface area contributed by atoms with Gasteiger partial charge in [-0.15, -0.1) is 12.4 Å². The molecule has 1 aliphatic rings. The molecular formula is C19H30ClN3O2. The average Bonchev–Trinajstić information content (AvgIpc) is 2.61. The van der Waals surface area contributed by atoms with Gasteiger partial charge in [0.05, 0.1) is 0 Å². The Balaban J connectivity index is 0.00000312. The third kappa shape index (κ3) is 7.45. The summed E-state index contributed by atoms with van der Waals surface area (Å²) in [5, 5.41) is 5.82. The molecule has 5 nitrogen and oxygen atoms in total. The molecule has 2 amide bonds. The highest BCUT2D eigenvalue weighted by Crippen LogP contribution is 2.23. The van der Waals surface area contributed by atoms with Crippen molar-refractivity contribution in [3.05, 3.63) is 35.9 Å². The number of nitrogens with two attached hydrogens (primary N) is 1. The van der Waals surface area contributed by atoms with Crippen LogP contribution < -0.4 is 16.4 Å². The van der Waals surface area contributed by atoms with Gasteiger partial charge < -0.3 is 16.4 Å². The van der Waals surface area contributed by atoms with Crippen LogP contribution in [0.15, 0.2) is 30.3 Å². The van der Waals surface area contributed by atoms with Crippen molar-refractivity contribution in [3.8, 4) is 0 Å². The third-order valence-corrected chi connectivity index (χ3v) is 4.60. The number of benzene rings is 1. The van der Waals surface area contributed by atoms with Crippen LogP contribution in [0.25, 0.3) is 0 Å². The first-order valence-corrected chi connectivity index (χ1v) is 8.94. The SMILES string of the molecule is CC(CC(=O)NCC(N)c1ccccc1)NC(=O)C1CCCCC1.Cl. The molecule has 25 heavy (non-hydrogen) atoms. The molecule has 0 heterocycles. The van der Waals surface area contributed by atoms with Crippen LogP contribution in [0.4, 0.5) is 0 Å². The highest BCUT2D eigenvalue weighted by atomic mass is 35.5. The minimum absolute atomic E-state index is 0. The van der Waals surface area contributed by atoms with Gasteiger partial charge in [0.2, 0.25) is 11.8 Å². The van der Waals surface area contributed by atoms with Crippen molar-refractivity contribution in [2.24, 2.45) is 11.7 Å². The van der Waals surface area contributed by atoms with Gasteiger partial charge in [-0.1, -0.05) is 49.6 Å². The maximum Gasteiger partial charge on any atom is 0.223 e. The number of rotatable bonds is 7. The lowest BCUT2D eigenvalue weighted by atomic mass is 9.88. The second-order valence-corrected chi connectivity index (χ2v) is 6.77. The van der Waals surface area contributed by atoms with Gasteiger partial charge in [-0.05, 0) is 25.3 Å². The van der Waals surface area contributed by atoms with Gasteiger partial charge in [-0.25, -0.2) is 0 Å². The Labute approximate surface area is 156 Å². The van der Waals surface area contributed by atoms with E-state index in [-0.39, 0.29) is 48.6 Å². The smallest absolute Gasteiger partial charge is 0.223 e. The molecule has 0 bridgehead atoms. The summed E-state index contributed by atoms with van der Waals surface area (Å²) in [7, 11) is 0. The largest absolute Gasteiger partial charge is 0.354 e. The monoisotopic (exact) mass is 367 g/mol. The van der Waals surface area contributed by atoms with Crippen LogP contribution in [-0.2, 0) is 9.59 Å². The van der Waals surface area contributed by atoms with Crippen LogP contribution in [0.1, 0.15) is 57.1 Å². The van der Waals surface area contributed by atoms with Crippen LogP contribution in [0.5, 0.6) is 0 Å². The third-order valence-electron chi connectivity index (χ3n) is 4.60. The van der Waals surface area contributed by atoms with Crippen molar-refractivity contribution >= 4 is 24.2 Å². The first-order valence-electron chi connectivity index (χ1n) is 8.94. The van der Waals surface area contributed by atoms with Gasteiger partial charge in [0.15, 0.2) is 0 Å². The normalized spacial score (nSPS) is 17.0. The average molecular weight is 368 g/mol. The van der Waals surface area contributed by atoms with Crippen LogP contribution in [0.3, 0.4) is 0 Å². The van der Waals surface area contributed by atoms with Gasteiger partial charge in [0.25, 0.3) is 0 Å². The summed E-state index contributed by atoms with van der Waals surface area (Å²) in [6.07, 6.45) is 5.70. The molecule has 1 fully saturated rings. The molecule has 2 rings (SSSR count). The van der Waals surface area contributed by atoms with E-state index in [0.717, 1.165) is 31.2 Å². The van der Waals surface area contributed by atoms with Crippen molar-refractivity contribution in [2.45, 2.75) is 57.5 Å². The molecule has 0 spiro atoms. The zero-order chi connectivity index (χ0) is 17.4.